The van der Waals surface area contributed by atoms with Gasteiger partial charge in [-0.15, -0.1) is 24.8 Å². The van der Waals surface area contributed by atoms with Gasteiger partial charge in [-0.25, -0.2) is 0 Å². The molecule has 0 radical (unpaired) electrons. The SMILES string of the molecule is Cl.Cl.NC[C@]1(c2cccc(Cl)c2)CC[C@@H](C(N)=O)CC1. The van der Waals surface area contributed by atoms with Crippen molar-refractivity contribution < 1.29 is 4.79 Å². The largest absolute Gasteiger partial charge is 0.369 e. The van der Waals surface area contributed by atoms with Crippen LogP contribution in [0, 0.1) is 5.92 Å². The van der Waals surface area contributed by atoms with Crippen molar-refractivity contribution in [1.82, 2.24) is 0 Å². The molecular weight excluding hydrogens is 319 g/mol. The molecule has 1 saturated carbocycles. The van der Waals surface area contributed by atoms with Gasteiger partial charge < -0.3 is 11.5 Å². The predicted octanol–water partition coefficient (Wildman–Crippen LogP) is 3.06. The Balaban J connectivity index is 0.00000180. The maximum absolute atomic E-state index is 11.2. The van der Waals surface area contributed by atoms with E-state index in [1.807, 2.05) is 18.2 Å². The highest BCUT2D eigenvalue weighted by Gasteiger charge is 2.37. The molecular formula is C14H21Cl3N2O. The zero-order valence-electron chi connectivity index (χ0n) is 11.2. The molecule has 0 heterocycles. The van der Waals surface area contributed by atoms with Gasteiger partial charge in [-0.3, -0.25) is 4.79 Å². The number of rotatable bonds is 3. The standard InChI is InChI=1S/C14H19ClN2O.2ClH/c15-12-3-1-2-11(8-12)14(9-16)6-4-10(5-7-14)13(17)18;;/h1-3,8,10H,4-7,9,16H2,(H2,17,18);2*1H/t10-,14+;;. The molecule has 1 aromatic carbocycles. The zero-order valence-corrected chi connectivity index (χ0v) is 13.6. The summed E-state index contributed by atoms with van der Waals surface area (Å²) in [6.07, 6.45) is 3.44. The molecule has 0 spiro atoms. The topological polar surface area (TPSA) is 69.1 Å². The van der Waals surface area contributed by atoms with Crippen LogP contribution in [0.3, 0.4) is 0 Å². The van der Waals surface area contributed by atoms with Gasteiger partial charge in [0, 0.05) is 22.9 Å². The molecule has 1 amide bonds. The Morgan fingerprint density at radius 2 is 1.90 bits per heavy atom. The first kappa shape index (κ1) is 19.5. The van der Waals surface area contributed by atoms with Crippen LogP contribution in [0.5, 0.6) is 0 Å². The normalized spacial score (nSPS) is 25.2. The van der Waals surface area contributed by atoms with Crippen LogP contribution < -0.4 is 11.5 Å². The summed E-state index contributed by atoms with van der Waals surface area (Å²) in [7, 11) is 0. The lowest BCUT2D eigenvalue weighted by atomic mass is 9.66. The molecule has 4 N–H and O–H groups in total. The summed E-state index contributed by atoms with van der Waals surface area (Å²) in [5, 5.41) is 0.734. The number of carbonyl (C=O) groups excluding carboxylic acids is 1. The average molecular weight is 340 g/mol. The van der Waals surface area contributed by atoms with Crippen molar-refractivity contribution in [2.45, 2.75) is 31.1 Å². The number of nitrogens with two attached hydrogens (primary N) is 2. The second-order valence-electron chi connectivity index (χ2n) is 5.17. The second-order valence-corrected chi connectivity index (χ2v) is 5.61. The van der Waals surface area contributed by atoms with Gasteiger partial charge in [-0.2, -0.15) is 0 Å². The van der Waals surface area contributed by atoms with Crippen molar-refractivity contribution in [2.24, 2.45) is 17.4 Å². The average Bonchev–Trinajstić information content (AvgIpc) is 2.38. The Bertz CT molecular complexity index is 446. The van der Waals surface area contributed by atoms with Crippen LogP contribution in [0.2, 0.25) is 5.02 Å². The number of primary amides is 1. The van der Waals surface area contributed by atoms with Crippen molar-refractivity contribution in [2.75, 3.05) is 6.54 Å². The maximum atomic E-state index is 11.2. The highest BCUT2D eigenvalue weighted by atomic mass is 35.5. The smallest absolute Gasteiger partial charge is 0.220 e. The Hall–Kier alpha value is -0.480. The first-order valence-corrected chi connectivity index (χ1v) is 6.71. The Labute approximate surface area is 137 Å². The predicted molar refractivity (Wildman–Crippen MR) is 87.8 cm³/mol. The number of halogens is 3. The summed E-state index contributed by atoms with van der Waals surface area (Å²) in [5.74, 6) is -0.185. The fourth-order valence-corrected chi connectivity index (χ4v) is 3.07. The molecule has 3 nitrogen and oxygen atoms in total. The van der Waals surface area contributed by atoms with E-state index in [-0.39, 0.29) is 42.1 Å². The molecule has 1 aliphatic carbocycles. The lowest BCUT2D eigenvalue weighted by Crippen LogP contribution is -2.41. The van der Waals surface area contributed by atoms with E-state index in [0.29, 0.717) is 6.54 Å². The molecule has 2 rings (SSSR count). The van der Waals surface area contributed by atoms with Crippen molar-refractivity contribution >= 4 is 42.3 Å². The summed E-state index contributed by atoms with van der Waals surface area (Å²) < 4.78 is 0. The monoisotopic (exact) mass is 338 g/mol. The molecule has 1 aromatic rings. The first-order chi connectivity index (χ1) is 8.57. The van der Waals surface area contributed by atoms with E-state index >= 15 is 0 Å². The van der Waals surface area contributed by atoms with Crippen LogP contribution in [0.15, 0.2) is 24.3 Å². The van der Waals surface area contributed by atoms with Crippen LogP contribution in [0.4, 0.5) is 0 Å². The van der Waals surface area contributed by atoms with Crippen molar-refractivity contribution in [3.63, 3.8) is 0 Å². The first-order valence-electron chi connectivity index (χ1n) is 6.33. The fraction of sp³-hybridized carbons (Fsp3) is 0.500. The van der Waals surface area contributed by atoms with Gasteiger partial charge >= 0.3 is 0 Å². The molecule has 0 unspecified atom stereocenters. The molecule has 20 heavy (non-hydrogen) atoms. The van der Waals surface area contributed by atoms with Gasteiger partial charge in [-0.05, 0) is 43.4 Å². The van der Waals surface area contributed by atoms with Crippen LogP contribution >= 0.6 is 36.4 Å². The van der Waals surface area contributed by atoms with E-state index in [1.165, 1.54) is 5.56 Å². The zero-order chi connectivity index (χ0) is 13.2. The van der Waals surface area contributed by atoms with Gasteiger partial charge in [0.1, 0.15) is 0 Å². The maximum Gasteiger partial charge on any atom is 0.220 e. The summed E-state index contributed by atoms with van der Waals surface area (Å²) in [4.78, 5) is 11.2. The summed E-state index contributed by atoms with van der Waals surface area (Å²) in [5.41, 5.74) is 12.5. The van der Waals surface area contributed by atoms with Crippen LogP contribution in [-0.2, 0) is 10.2 Å². The molecule has 1 aliphatic rings. The number of benzene rings is 1. The number of hydrogen-bond acceptors (Lipinski definition) is 2. The second kappa shape index (κ2) is 8.08. The van der Waals surface area contributed by atoms with E-state index in [0.717, 1.165) is 30.7 Å². The minimum Gasteiger partial charge on any atom is -0.369 e. The van der Waals surface area contributed by atoms with Gasteiger partial charge in [-0.1, -0.05) is 23.7 Å². The van der Waals surface area contributed by atoms with Gasteiger partial charge in [0.2, 0.25) is 5.91 Å². The summed E-state index contributed by atoms with van der Waals surface area (Å²) >= 11 is 6.05. The third-order valence-corrected chi connectivity index (χ3v) is 4.41. The molecule has 0 atom stereocenters. The third-order valence-electron chi connectivity index (χ3n) is 4.17. The van der Waals surface area contributed by atoms with E-state index in [9.17, 15) is 4.79 Å². The molecule has 0 bridgehead atoms. The molecule has 6 heteroatoms. The summed E-state index contributed by atoms with van der Waals surface area (Å²) in [6, 6.07) is 7.88. The van der Waals surface area contributed by atoms with Gasteiger partial charge in [0.05, 0.1) is 0 Å². The van der Waals surface area contributed by atoms with E-state index in [2.05, 4.69) is 6.07 Å². The van der Waals surface area contributed by atoms with Crippen LogP contribution in [0.1, 0.15) is 31.2 Å². The number of hydrogen-bond donors (Lipinski definition) is 2. The minimum absolute atomic E-state index is 0. The van der Waals surface area contributed by atoms with E-state index in [1.54, 1.807) is 0 Å². The van der Waals surface area contributed by atoms with Crippen LogP contribution in [-0.4, -0.2) is 12.5 Å². The lowest BCUT2D eigenvalue weighted by molar-refractivity contribution is -0.123. The highest BCUT2D eigenvalue weighted by Crippen LogP contribution is 2.41. The van der Waals surface area contributed by atoms with Crippen LogP contribution in [0.25, 0.3) is 0 Å². The molecule has 114 valence electrons. The third kappa shape index (κ3) is 4.01. The number of carbonyl (C=O) groups is 1. The minimum atomic E-state index is -0.188. The molecule has 0 saturated heterocycles. The fourth-order valence-electron chi connectivity index (χ4n) is 2.88. The Kier molecular flexibility index (Phi) is 7.89. The Morgan fingerprint density at radius 1 is 1.30 bits per heavy atom. The quantitative estimate of drug-likeness (QED) is 0.888. The summed E-state index contributed by atoms with van der Waals surface area (Å²) in [6.45, 7) is 0.582. The number of amides is 1. The van der Waals surface area contributed by atoms with Crippen molar-refractivity contribution in [3.8, 4) is 0 Å². The van der Waals surface area contributed by atoms with Crippen molar-refractivity contribution in [1.29, 1.82) is 0 Å². The van der Waals surface area contributed by atoms with Crippen molar-refractivity contribution in [3.05, 3.63) is 34.9 Å². The molecule has 0 aromatic heterocycles. The molecule has 0 aliphatic heterocycles. The van der Waals surface area contributed by atoms with E-state index < -0.39 is 0 Å². The highest BCUT2D eigenvalue weighted by molar-refractivity contribution is 6.30. The lowest BCUT2D eigenvalue weighted by Gasteiger charge is -2.39. The molecule has 1 fully saturated rings. The van der Waals surface area contributed by atoms with E-state index in [4.69, 9.17) is 23.1 Å². The Morgan fingerprint density at radius 3 is 2.35 bits per heavy atom. The van der Waals surface area contributed by atoms with Gasteiger partial charge in [0.15, 0.2) is 0 Å². The van der Waals surface area contributed by atoms with Gasteiger partial charge in [0.25, 0.3) is 0 Å².